The first-order valence-corrected chi connectivity index (χ1v) is 11.2. The van der Waals surface area contributed by atoms with Crippen molar-refractivity contribution in [2.45, 2.75) is 24.4 Å². The summed E-state index contributed by atoms with van der Waals surface area (Å²) in [6, 6.07) is 25.4. The summed E-state index contributed by atoms with van der Waals surface area (Å²) in [4.78, 5) is 12.6. The van der Waals surface area contributed by atoms with Gasteiger partial charge in [0.15, 0.2) is 11.0 Å². The smallest absolute Gasteiger partial charge is 0.251 e. The highest BCUT2D eigenvalue weighted by Gasteiger charge is 2.16. The number of ether oxygens (including phenoxy) is 1. The van der Waals surface area contributed by atoms with E-state index in [1.807, 2.05) is 34.9 Å². The largest absolute Gasteiger partial charge is 0.497 e. The molecule has 0 atom stereocenters. The number of rotatable bonds is 8. The van der Waals surface area contributed by atoms with Crippen molar-refractivity contribution in [1.82, 2.24) is 20.1 Å². The van der Waals surface area contributed by atoms with Crippen LogP contribution in [0.15, 0.2) is 84.0 Å². The molecular weight excluding hydrogens is 420 g/mol. The SMILES string of the molecule is COc1ccc(C(=O)NCc2nnc(SCc3ccccc3)n2-c2ccc(C)cc2)cc1. The van der Waals surface area contributed by atoms with Gasteiger partial charge in [-0.3, -0.25) is 9.36 Å². The molecule has 0 aliphatic carbocycles. The van der Waals surface area contributed by atoms with Gasteiger partial charge in [0, 0.05) is 17.0 Å². The third-order valence-electron chi connectivity index (χ3n) is 4.96. The zero-order valence-corrected chi connectivity index (χ0v) is 18.8. The average Bonchev–Trinajstić information content (AvgIpc) is 3.25. The lowest BCUT2D eigenvalue weighted by Crippen LogP contribution is -2.24. The van der Waals surface area contributed by atoms with Crippen molar-refractivity contribution in [1.29, 1.82) is 0 Å². The maximum absolute atomic E-state index is 12.6. The predicted octanol–water partition coefficient (Wildman–Crippen LogP) is 4.81. The van der Waals surface area contributed by atoms with Crippen molar-refractivity contribution in [2.24, 2.45) is 0 Å². The van der Waals surface area contributed by atoms with Crippen LogP contribution in [0.3, 0.4) is 0 Å². The van der Waals surface area contributed by atoms with Crippen LogP contribution in [0, 0.1) is 6.92 Å². The van der Waals surface area contributed by atoms with Crippen molar-refractivity contribution < 1.29 is 9.53 Å². The standard InChI is InChI=1S/C25H24N4O2S/c1-18-8-12-21(13-9-18)29-23(16-26-24(30)20-10-14-22(31-2)15-11-20)27-28-25(29)32-17-19-6-4-3-5-7-19/h3-15H,16-17H2,1-2H3,(H,26,30). The highest BCUT2D eigenvalue weighted by Crippen LogP contribution is 2.25. The van der Waals surface area contributed by atoms with Gasteiger partial charge in [0.05, 0.1) is 13.7 Å². The molecule has 162 valence electrons. The van der Waals surface area contributed by atoms with Crippen LogP contribution in [0.4, 0.5) is 0 Å². The lowest BCUT2D eigenvalue weighted by atomic mass is 10.2. The Balaban J connectivity index is 1.54. The van der Waals surface area contributed by atoms with E-state index in [1.54, 1.807) is 43.1 Å². The van der Waals surface area contributed by atoms with Crippen LogP contribution in [0.5, 0.6) is 5.75 Å². The molecule has 0 saturated heterocycles. The van der Waals surface area contributed by atoms with E-state index in [0.717, 1.165) is 16.6 Å². The number of aromatic nitrogens is 3. The maximum atomic E-state index is 12.6. The summed E-state index contributed by atoms with van der Waals surface area (Å²) in [6.07, 6.45) is 0. The molecule has 4 rings (SSSR count). The minimum Gasteiger partial charge on any atom is -0.497 e. The molecule has 32 heavy (non-hydrogen) atoms. The van der Waals surface area contributed by atoms with Gasteiger partial charge in [0.25, 0.3) is 5.91 Å². The summed E-state index contributed by atoms with van der Waals surface area (Å²) < 4.78 is 7.15. The Morgan fingerprint density at radius 3 is 2.38 bits per heavy atom. The quantitative estimate of drug-likeness (QED) is 0.395. The number of carbonyl (C=O) groups excluding carboxylic acids is 1. The minimum atomic E-state index is -0.176. The highest BCUT2D eigenvalue weighted by molar-refractivity contribution is 7.98. The molecule has 0 radical (unpaired) electrons. The molecule has 4 aromatic rings. The first-order chi connectivity index (χ1) is 15.6. The van der Waals surface area contributed by atoms with E-state index >= 15 is 0 Å². The van der Waals surface area contributed by atoms with Gasteiger partial charge in [0.2, 0.25) is 0 Å². The van der Waals surface area contributed by atoms with Crippen molar-refractivity contribution in [3.63, 3.8) is 0 Å². The number of hydrogen-bond acceptors (Lipinski definition) is 5. The molecule has 0 bridgehead atoms. The average molecular weight is 445 g/mol. The number of hydrogen-bond donors (Lipinski definition) is 1. The van der Waals surface area contributed by atoms with Crippen LogP contribution in [0.2, 0.25) is 0 Å². The molecule has 0 aliphatic rings. The summed E-state index contributed by atoms with van der Waals surface area (Å²) in [5.74, 6) is 1.99. The summed E-state index contributed by atoms with van der Waals surface area (Å²) >= 11 is 1.62. The molecule has 1 amide bonds. The second-order valence-electron chi connectivity index (χ2n) is 7.26. The third-order valence-corrected chi connectivity index (χ3v) is 5.96. The van der Waals surface area contributed by atoms with Crippen LogP contribution in [-0.2, 0) is 12.3 Å². The lowest BCUT2D eigenvalue weighted by molar-refractivity contribution is 0.0949. The van der Waals surface area contributed by atoms with E-state index in [0.29, 0.717) is 17.1 Å². The first-order valence-electron chi connectivity index (χ1n) is 10.2. The second kappa shape index (κ2) is 10.2. The Labute approximate surface area is 191 Å². The van der Waals surface area contributed by atoms with Crippen molar-refractivity contribution >= 4 is 17.7 Å². The molecule has 0 saturated carbocycles. The molecule has 0 spiro atoms. The maximum Gasteiger partial charge on any atom is 0.251 e. The molecule has 1 aromatic heterocycles. The number of amides is 1. The number of aryl methyl sites for hydroxylation is 1. The Kier molecular flexibility index (Phi) is 6.87. The van der Waals surface area contributed by atoms with Gasteiger partial charge in [-0.1, -0.05) is 59.8 Å². The lowest BCUT2D eigenvalue weighted by Gasteiger charge is -2.11. The van der Waals surface area contributed by atoms with E-state index in [9.17, 15) is 4.79 Å². The van der Waals surface area contributed by atoms with Crippen molar-refractivity contribution in [3.8, 4) is 11.4 Å². The number of benzene rings is 3. The summed E-state index contributed by atoms with van der Waals surface area (Å²) in [7, 11) is 1.60. The Bertz CT molecular complexity index is 1170. The summed E-state index contributed by atoms with van der Waals surface area (Å²) in [6.45, 7) is 2.31. The molecule has 1 N–H and O–H groups in total. The molecule has 6 nitrogen and oxygen atoms in total. The first kappa shape index (κ1) is 21.6. The third kappa shape index (κ3) is 5.18. The van der Waals surface area contributed by atoms with Crippen LogP contribution in [-0.4, -0.2) is 27.8 Å². The molecule has 0 unspecified atom stereocenters. The number of nitrogens with one attached hydrogen (secondary N) is 1. The van der Waals surface area contributed by atoms with Gasteiger partial charge in [-0.2, -0.15) is 0 Å². The Hall–Kier alpha value is -3.58. The highest BCUT2D eigenvalue weighted by atomic mass is 32.2. The summed E-state index contributed by atoms with van der Waals surface area (Å²) in [5, 5.41) is 12.5. The van der Waals surface area contributed by atoms with Crippen LogP contribution in [0.1, 0.15) is 27.3 Å². The zero-order chi connectivity index (χ0) is 22.3. The van der Waals surface area contributed by atoms with Gasteiger partial charge in [-0.05, 0) is 48.9 Å². The number of carbonyl (C=O) groups is 1. The normalized spacial score (nSPS) is 10.7. The van der Waals surface area contributed by atoms with Gasteiger partial charge >= 0.3 is 0 Å². The minimum absolute atomic E-state index is 0.176. The van der Waals surface area contributed by atoms with E-state index < -0.39 is 0 Å². The van der Waals surface area contributed by atoms with Gasteiger partial charge < -0.3 is 10.1 Å². The molecule has 0 fully saturated rings. The van der Waals surface area contributed by atoms with Crippen LogP contribution in [0.25, 0.3) is 5.69 Å². The van der Waals surface area contributed by atoms with Crippen LogP contribution < -0.4 is 10.1 Å². The van der Waals surface area contributed by atoms with E-state index in [-0.39, 0.29) is 12.5 Å². The van der Waals surface area contributed by atoms with E-state index in [4.69, 9.17) is 4.74 Å². The van der Waals surface area contributed by atoms with E-state index in [2.05, 4.69) is 46.7 Å². The topological polar surface area (TPSA) is 69.0 Å². The van der Waals surface area contributed by atoms with Gasteiger partial charge in [0.1, 0.15) is 5.75 Å². The van der Waals surface area contributed by atoms with Crippen molar-refractivity contribution in [2.75, 3.05) is 7.11 Å². The molecule has 1 heterocycles. The molecular formula is C25H24N4O2S. The number of nitrogens with zero attached hydrogens (tertiary/aromatic N) is 3. The Morgan fingerprint density at radius 2 is 1.69 bits per heavy atom. The fraction of sp³-hybridized carbons (Fsp3) is 0.160. The number of methoxy groups -OCH3 is 1. The van der Waals surface area contributed by atoms with E-state index in [1.165, 1.54) is 11.1 Å². The molecule has 0 aliphatic heterocycles. The predicted molar refractivity (Wildman–Crippen MR) is 126 cm³/mol. The molecule has 3 aromatic carbocycles. The summed E-state index contributed by atoms with van der Waals surface area (Å²) in [5.41, 5.74) is 3.91. The Morgan fingerprint density at radius 1 is 0.969 bits per heavy atom. The van der Waals surface area contributed by atoms with Gasteiger partial charge in [-0.15, -0.1) is 10.2 Å². The second-order valence-corrected chi connectivity index (χ2v) is 8.20. The fourth-order valence-electron chi connectivity index (χ4n) is 3.19. The van der Waals surface area contributed by atoms with Crippen molar-refractivity contribution in [3.05, 3.63) is 101 Å². The molecule has 7 heteroatoms. The monoisotopic (exact) mass is 444 g/mol. The van der Waals surface area contributed by atoms with Crippen LogP contribution >= 0.6 is 11.8 Å². The number of thioether (sulfide) groups is 1. The fourth-order valence-corrected chi connectivity index (χ4v) is 4.11. The van der Waals surface area contributed by atoms with Gasteiger partial charge in [-0.25, -0.2) is 0 Å². The zero-order valence-electron chi connectivity index (χ0n) is 18.0.